The summed E-state index contributed by atoms with van der Waals surface area (Å²) in [6.07, 6.45) is -2.29. The van der Waals surface area contributed by atoms with Gasteiger partial charge in [-0.2, -0.15) is 13.2 Å². The van der Waals surface area contributed by atoms with Crippen LogP contribution >= 0.6 is 11.6 Å². The van der Waals surface area contributed by atoms with E-state index in [0.717, 1.165) is 18.2 Å². The molecule has 27 heavy (non-hydrogen) atoms. The van der Waals surface area contributed by atoms with Crippen molar-refractivity contribution in [2.24, 2.45) is 0 Å². The van der Waals surface area contributed by atoms with Crippen LogP contribution in [0.1, 0.15) is 21.5 Å². The molecule has 0 unspecified atom stereocenters. The zero-order valence-electron chi connectivity index (χ0n) is 13.9. The van der Waals surface area contributed by atoms with Crippen LogP contribution in [-0.4, -0.2) is 18.9 Å². The second-order valence-corrected chi connectivity index (χ2v) is 5.68. The summed E-state index contributed by atoms with van der Waals surface area (Å²) in [5.41, 5.74) is 3.74. The largest absolute Gasteiger partial charge is 0.496 e. The van der Waals surface area contributed by atoms with Gasteiger partial charge in [-0.25, -0.2) is 0 Å². The van der Waals surface area contributed by atoms with Crippen molar-refractivity contribution in [3.63, 3.8) is 0 Å². The average molecular weight is 399 g/mol. The molecule has 0 aliphatic carbocycles. The van der Waals surface area contributed by atoms with Gasteiger partial charge in [0.2, 0.25) is 0 Å². The zero-order chi connectivity index (χ0) is 20.0. The molecule has 9 heteroatoms. The van der Waals surface area contributed by atoms with Gasteiger partial charge in [-0.1, -0.05) is 23.7 Å². The van der Waals surface area contributed by atoms with Gasteiger partial charge in [0.1, 0.15) is 5.75 Å². The van der Waals surface area contributed by atoms with Crippen molar-refractivity contribution >= 4 is 29.5 Å². The minimum atomic E-state index is -4.48. The average Bonchev–Trinajstić information content (AvgIpc) is 2.64. The Labute approximate surface area is 157 Å². The number of carbonyl (C=O) groups excluding carboxylic acids is 2. The molecule has 2 aromatic carbocycles. The van der Waals surface area contributed by atoms with Crippen LogP contribution in [0.2, 0.25) is 5.02 Å². The molecule has 0 saturated carbocycles. The van der Waals surface area contributed by atoms with Gasteiger partial charge in [0.15, 0.2) is 0 Å². The Morgan fingerprint density at radius 1 is 1.11 bits per heavy atom. The number of hydrogen-bond donors (Lipinski definition) is 2. The third kappa shape index (κ3) is 5.75. The first kappa shape index (κ1) is 20.3. The number of rotatable bonds is 4. The quantitative estimate of drug-likeness (QED) is 0.607. The van der Waals surface area contributed by atoms with E-state index in [2.05, 4.69) is 10.9 Å². The van der Waals surface area contributed by atoms with Crippen LogP contribution in [0, 0.1) is 0 Å². The minimum Gasteiger partial charge on any atom is -0.496 e. The number of amides is 2. The van der Waals surface area contributed by atoms with E-state index < -0.39 is 23.6 Å². The molecular formula is C18H14ClF3N2O3. The number of alkyl halides is 3. The van der Waals surface area contributed by atoms with Gasteiger partial charge in [-0.3, -0.25) is 20.4 Å². The number of benzene rings is 2. The van der Waals surface area contributed by atoms with Gasteiger partial charge >= 0.3 is 6.18 Å². The van der Waals surface area contributed by atoms with Gasteiger partial charge in [-0.05, 0) is 42.0 Å². The van der Waals surface area contributed by atoms with E-state index in [0.29, 0.717) is 5.02 Å². The van der Waals surface area contributed by atoms with E-state index in [4.69, 9.17) is 16.3 Å². The molecule has 0 spiro atoms. The zero-order valence-corrected chi connectivity index (χ0v) is 14.7. The second-order valence-electron chi connectivity index (χ2n) is 5.24. The Balaban J connectivity index is 1.99. The smallest absolute Gasteiger partial charge is 0.416 e. The highest BCUT2D eigenvalue weighted by molar-refractivity contribution is 6.31. The molecule has 0 aliphatic heterocycles. The number of methoxy groups -OCH3 is 1. The van der Waals surface area contributed by atoms with Crippen molar-refractivity contribution in [2.45, 2.75) is 6.18 Å². The van der Waals surface area contributed by atoms with Crippen LogP contribution in [0.5, 0.6) is 5.75 Å². The van der Waals surface area contributed by atoms with Crippen LogP contribution in [0.3, 0.4) is 0 Å². The molecule has 142 valence electrons. The molecule has 0 bridgehead atoms. The molecule has 2 N–H and O–H groups in total. The summed E-state index contributed by atoms with van der Waals surface area (Å²) < 4.78 is 43.0. The van der Waals surface area contributed by atoms with E-state index >= 15 is 0 Å². The number of halogens is 4. The Morgan fingerprint density at radius 2 is 1.85 bits per heavy atom. The first-order valence-corrected chi connectivity index (χ1v) is 7.87. The summed E-state index contributed by atoms with van der Waals surface area (Å²) in [5, 5.41) is 0.303. The van der Waals surface area contributed by atoms with Crippen molar-refractivity contribution in [3.8, 4) is 5.75 Å². The first-order chi connectivity index (χ1) is 12.7. The van der Waals surface area contributed by atoms with Crippen molar-refractivity contribution in [1.29, 1.82) is 0 Å². The lowest BCUT2D eigenvalue weighted by Crippen LogP contribution is -2.40. The number of carbonyl (C=O) groups is 2. The highest BCUT2D eigenvalue weighted by Crippen LogP contribution is 2.29. The highest BCUT2D eigenvalue weighted by atomic mass is 35.5. The van der Waals surface area contributed by atoms with Crippen LogP contribution in [0.4, 0.5) is 13.2 Å². The molecule has 5 nitrogen and oxygen atoms in total. The number of ether oxygens (including phenoxy) is 1. The molecule has 2 amide bonds. The predicted molar refractivity (Wildman–Crippen MR) is 94.1 cm³/mol. The van der Waals surface area contributed by atoms with Gasteiger partial charge in [0, 0.05) is 11.1 Å². The van der Waals surface area contributed by atoms with Crippen LogP contribution in [0.25, 0.3) is 6.08 Å². The lowest BCUT2D eigenvalue weighted by molar-refractivity contribution is -0.137. The maximum atomic E-state index is 12.7. The fraction of sp³-hybridized carbons (Fsp3) is 0.111. The van der Waals surface area contributed by atoms with E-state index in [9.17, 15) is 22.8 Å². The fourth-order valence-electron chi connectivity index (χ4n) is 2.08. The van der Waals surface area contributed by atoms with E-state index in [1.54, 1.807) is 0 Å². The van der Waals surface area contributed by atoms with Gasteiger partial charge < -0.3 is 4.74 Å². The monoisotopic (exact) mass is 398 g/mol. The van der Waals surface area contributed by atoms with Crippen molar-refractivity contribution in [3.05, 3.63) is 70.3 Å². The summed E-state index contributed by atoms with van der Waals surface area (Å²) >= 11 is 5.83. The maximum Gasteiger partial charge on any atom is 0.416 e. The summed E-state index contributed by atoms with van der Waals surface area (Å²) in [6.45, 7) is 0. The van der Waals surface area contributed by atoms with Gasteiger partial charge in [-0.15, -0.1) is 0 Å². The molecule has 0 atom stereocenters. The SMILES string of the molecule is COc1ccc(Cl)cc1C(=O)NNC(=O)/C=C/c1cccc(C(F)(F)F)c1. The van der Waals surface area contributed by atoms with E-state index in [-0.39, 0.29) is 16.9 Å². The van der Waals surface area contributed by atoms with Gasteiger partial charge in [0.05, 0.1) is 18.2 Å². The molecule has 0 heterocycles. The Kier molecular flexibility index (Phi) is 6.46. The van der Waals surface area contributed by atoms with Crippen LogP contribution < -0.4 is 15.6 Å². The van der Waals surface area contributed by atoms with Crippen LogP contribution in [0.15, 0.2) is 48.5 Å². The standard InChI is InChI=1S/C18H14ClF3N2O3/c1-27-15-7-6-13(19)10-14(15)17(26)24-23-16(25)8-5-11-3-2-4-12(9-11)18(20,21)22/h2-10H,1H3,(H,23,25)(H,24,26)/b8-5+. The number of hydrogen-bond acceptors (Lipinski definition) is 3. The molecule has 0 radical (unpaired) electrons. The summed E-state index contributed by atoms with van der Waals surface area (Å²) in [4.78, 5) is 23.9. The summed E-state index contributed by atoms with van der Waals surface area (Å²) in [5.74, 6) is -1.15. The van der Waals surface area contributed by atoms with E-state index in [1.165, 1.54) is 43.5 Å². The molecule has 0 saturated heterocycles. The van der Waals surface area contributed by atoms with Crippen molar-refractivity contribution in [2.75, 3.05) is 7.11 Å². The first-order valence-electron chi connectivity index (χ1n) is 7.50. The Morgan fingerprint density at radius 3 is 2.52 bits per heavy atom. The third-order valence-corrected chi connectivity index (χ3v) is 3.58. The van der Waals surface area contributed by atoms with Crippen LogP contribution in [-0.2, 0) is 11.0 Å². The molecule has 0 aromatic heterocycles. The molecule has 2 aromatic rings. The number of hydrazine groups is 1. The van der Waals surface area contributed by atoms with Gasteiger partial charge in [0.25, 0.3) is 11.8 Å². The molecule has 2 rings (SSSR count). The molecule has 0 aliphatic rings. The molecule has 0 fully saturated rings. The Hall–Kier alpha value is -3.00. The molecular weight excluding hydrogens is 385 g/mol. The lowest BCUT2D eigenvalue weighted by atomic mass is 10.1. The van der Waals surface area contributed by atoms with E-state index in [1.807, 2.05) is 0 Å². The maximum absolute atomic E-state index is 12.7. The topological polar surface area (TPSA) is 67.4 Å². The second kappa shape index (κ2) is 8.59. The van der Waals surface area contributed by atoms with Crippen molar-refractivity contribution < 1.29 is 27.5 Å². The fourth-order valence-corrected chi connectivity index (χ4v) is 2.25. The van der Waals surface area contributed by atoms with Crippen molar-refractivity contribution in [1.82, 2.24) is 10.9 Å². The third-order valence-electron chi connectivity index (χ3n) is 3.35. The number of nitrogens with one attached hydrogen (secondary N) is 2. The highest BCUT2D eigenvalue weighted by Gasteiger charge is 2.30. The normalized spacial score (nSPS) is 11.3. The summed E-state index contributed by atoms with van der Waals surface area (Å²) in [6, 6.07) is 8.86. The predicted octanol–water partition coefficient (Wildman–Crippen LogP) is 3.84. The summed E-state index contributed by atoms with van der Waals surface area (Å²) in [7, 11) is 1.37. The lowest BCUT2D eigenvalue weighted by Gasteiger charge is -2.09. The Bertz CT molecular complexity index is 882. The minimum absolute atomic E-state index is 0.104.